The number of fused-ring (bicyclic) bond motifs is 1. The summed E-state index contributed by atoms with van der Waals surface area (Å²) in [6.07, 6.45) is 2.19. The molecule has 0 saturated heterocycles. The zero-order valence-electron chi connectivity index (χ0n) is 9.56. The normalized spacial score (nSPS) is 11.2. The zero-order valence-corrected chi connectivity index (χ0v) is 9.56. The number of rotatable bonds is 3. The van der Waals surface area contributed by atoms with E-state index in [0.717, 1.165) is 28.8 Å². The molecule has 2 aromatic rings. The Morgan fingerprint density at radius 3 is 2.81 bits per heavy atom. The molecule has 5 nitrogen and oxygen atoms in total. The summed E-state index contributed by atoms with van der Waals surface area (Å²) in [5.74, 6) is 0.522. The van der Waals surface area contributed by atoms with Gasteiger partial charge in [0.15, 0.2) is 0 Å². The lowest BCUT2D eigenvalue weighted by molar-refractivity contribution is 0.280. The topological polar surface area (TPSA) is 77.0 Å². The molecule has 2 heterocycles. The van der Waals surface area contributed by atoms with E-state index in [2.05, 4.69) is 14.5 Å². The fourth-order valence-electron chi connectivity index (χ4n) is 2.00. The third-order valence-corrected chi connectivity index (χ3v) is 2.97. The number of aliphatic hydroxyl groups excluding tert-OH is 1. The average Bonchev–Trinajstić information content (AvgIpc) is 2.51. The lowest BCUT2D eigenvalue weighted by Gasteiger charge is -2.05. The molecule has 0 aromatic carbocycles. The first kappa shape index (κ1) is 10.9. The van der Waals surface area contributed by atoms with Gasteiger partial charge in [-0.15, -0.1) is 0 Å². The average molecular weight is 220 g/mol. The number of aryl methyl sites for hydroxylation is 2. The molecule has 5 heteroatoms. The van der Waals surface area contributed by atoms with Crippen molar-refractivity contribution in [2.24, 2.45) is 0 Å². The predicted molar refractivity (Wildman–Crippen MR) is 63.1 cm³/mol. The van der Waals surface area contributed by atoms with Crippen LogP contribution < -0.4 is 5.73 Å². The summed E-state index contributed by atoms with van der Waals surface area (Å²) in [5, 5.41) is 9.81. The molecule has 0 fully saturated rings. The quantitative estimate of drug-likeness (QED) is 0.809. The Morgan fingerprint density at radius 2 is 2.12 bits per heavy atom. The van der Waals surface area contributed by atoms with E-state index in [1.807, 2.05) is 13.8 Å². The van der Waals surface area contributed by atoms with Gasteiger partial charge in [-0.25, -0.2) is 9.97 Å². The minimum absolute atomic E-state index is 0.179. The highest BCUT2D eigenvalue weighted by molar-refractivity contribution is 5.90. The van der Waals surface area contributed by atoms with Crippen molar-refractivity contribution < 1.29 is 5.11 Å². The first-order chi connectivity index (χ1) is 7.66. The van der Waals surface area contributed by atoms with Crippen LogP contribution in [-0.4, -0.2) is 26.2 Å². The smallest absolute Gasteiger partial charge is 0.145 e. The van der Waals surface area contributed by atoms with Gasteiger partial charge in [0.25, 0.3) is 0 Å². The molecule has 2 rings (SSSR count). The van der Waals surface area contributed by atoms with Gasteiger partial charge in [0.1, 0.15) is 17.8 Å². The lowest BCUT2D eigenvalue weighted by Crippen LogP contribution is -2.03. The molecule has 0 atom stereocenters. The van der Waals surface area contributed by atoms with Gasteiger partial charge in [0.05, 0.1) is 5.39 Å². The summed E-state index contributed by atoms with van der Waals surface area (Å²) in [7, 11) is 0. The van der Waals surface area contributed by atoms with Gasteiger partial charge in [0, 0.05) is 18.8 Å². The summed E-state index contributed by atoms with van der Waals surface area (Å²) < 4.78 is 2.08. The van der Waals surface area contributed by atoms with Crippen LogP contribution in [0.25, 0.3) is 11.0 Å². The Labute approximate surface area is 93.9 Å². The predicted octanol–water partition coefficient (Wildman–Crippen LogP) is 1.01. The molecule has 0 saturated carbocycles. The molecule has 0 bridgehead atoms. The Balaban J connectivity index is 2.64. The first-order valence-electron chi connectivity index (χ1n) is 5.33. The molecule has 0 spiro atoms. The van der Waals surface area contributed by atoms with Crippen LogP contribution in [0.4, 0.5) is 5.82 Å². The van der Waals surface area contributed by atoms with Gasteiger partial charge < -0.3 is 15.4 Å². The number of aromatic nitrogens is 3. The number of hydrogen-bond acceptors (Lipinski definition) is 4. The minimum atomic E-state index is 0.179. The highest BCUT2D eigenvalue weighted by atomic mass is 16.3. The van der Waals surface area contributed by atoms with Crippen LogP contribution in [0.5, 0.6) is 0 Å². The Hall–Kier alpha value is -1.62. The van der Waals surface area contributed by atoms with Crippen LogP contribution in [0.3, 0.4) is 0 Å². The number of aliphatic hydroxyl groups is 1. The maximum absolute atomic E-state index is 8.88. The summed E-state index contributed by atoms with van der Waals surface area (Å²) >= 11 is 0. The number of anilines is 1. The third-order valence-electron chi connectivity index (χ3n) is 2.97. The van der Waals surface area contributed by atoms with Crippen LogP contribution in [0.15, 0.2) is 6.33 Å². The monoisotopic (exact) mass is 220 g/mol. The third kappa shape index (κ3) is 1.53. The summed E-state index contributed by atoms with van der Waals surface area (Å²) in [6, 6.07) is 0. The highest BCUT2D eigenvalue weighted by Crippen LogP contribution is 2.26. The molecule has 16 heavy (non-hydrogen) atoms. The molecule has 0 aliphatic carbocycles. The second kappa shape index (κ2) is 4.09. The summed E-state index contributed by atoms with van der Waals surface area (Å²) in [4.78, 5) is 8.27. The maximum Gasteiger partial charge on any atom is 0.145 e. The second-order valence-corrected chi connectivity index (χ2v) is 3.90. The Bertz CT molecular complexity index is 518. The van der Waals surface area contributed by atoms with Crippen LogP contribution in [-0.2, 0) is 6.54 Å². The van der Waals surface area contributed by atoms with Crippen molar-refractivity contribution >= 4 is 16.9 Å². The number of nitrogens with zero attached hydrogens (tertiary/aromatic N) is 3. The van der Waals surface area contributed by atoms with Gasteiger partial charge in [0.2, 0.25) is 0 Å². The van der Waals surface area contributed by atoms with Gasteiger partial charge in [-0.05, 0) is 25.8 Å². The molecule has 0 radical (unpaired) electrons. The second-order valence-electron chi connectivity index (χ2n) is 3.90. The number of nitrogen functional groups attached to an aromatic ring is 1. The van der Waals surface area contributed by atoms with Crippen LogP contribution in [0, 0.1) is 13.8 Å². The van der Waals surface area contributed by atoms with E-state index < -0.39 is 0 Å². The maximum atomic E-state index is 8.88. The van der Waals surface area contributed by atoms with Crippen molar-refractivity contribution in [3.8, 4) is 0 Å². The fourth-order valence-corrected chi connectivity index (χ4v) is 2.00. The highest BCUT2D eigenvalue weighted by Gasteiger charge is 2.14. The van der Waals surface area contributed by atoms with Crippen molar-refractivity contribution in [1.82, 2.24) is 14.5 Å². The van der Waals surface area contributed by atoms with Crippen molar-refractivity contribution in [2.75, 3.05) is 12.3 Å². The number of nitrogens with two attached hydrogens (primary N) is 1. The van der Waals surface area contributed by atoms with E-state index in [9.17, 15) is 0 Å². The van der Waals surface area contributed by atoms with E-state index in [1.54, 1.807) is 0 Å². The van der Waals surface area contributed by atoms with E-state index in [0.29, 0.717) is 12.2 Å². The first-order valence-corrected chi connectivity index (χ1v) is 5.33. The van der Waals surface area contributed by atoms with Crippen LogP contribution in [0.2, 0.25) is 0 Å². The van der Waals surface area contributed by atoms with Crippen molar-refractivity contribution in [1.29, 1.82) is 0 Å². The summed E-state index contributed by atoms with van der Waals surface area (Å²) in [5.41, 5.74) is 8.96. The number of hydrogen-bond donors (Lipinski definition) is 2. The van der Waals surface area contributed by atoms with Gasteiger partial charge in [-0.1, -0.05) is 0 Å². The van der Waals surface area contributed by atoms with Gasteiger partial charge in [-0.3, -0.25) is 0 Å². The van der Waals surface area contributed by atoms with Crippen LogP contribution in [0.1, 0.15) is 17.7 Å². The van der Waals surface area contributed by atoms with E-state index in [-0.39, 0.29) is 6.61 Å². The van der Waals surface area contributed by atoms with E-state index in [4.69, 9.17) is 10.8 Å². The Morgan fingerprint density at radius 1 is 1.38 bits per heavy atom. The molecule has 0 amide bonds. The summed E-state index contributed by atoms with van der Waals surface area (Å²) in [6.45, 7) is 4.99. The lowest BCUT2D eigenvalue weighted by atomic mass is 10.2. The SMILES string of the molecule is Cc1c(C)n(CCCO)c2ncnc(N)c12. The molecule has 3 N–H and O–H groups in total. The molecular formula is C11H16N4O. The largest absolute Gasteiger partial charge is 0.396 e. The van der Waals surface area contributed by atoms with Crippen LogP contribution >= 0.6 is 0 Å². The van der Waals surface area contributed by atoms with E-state index in [1.165, 1.54) is 6.33 Å². The molecule has 2 aromatic heterocycles. The fraction of sp³-hybridized carbons (Fsp3) is 0.455. The van der Waals surface area contributed by atoms with Gasteiger partial charge >= 0.3 is 0 Å². The van der Waals surface area contributed by atoms with Crippen molar-refractivity contribution in [2.45, 2.75) is 26.8 Å². The zero-order chi connectivity index (χ0) is 11.7. The molecule has 0 aliphatic heterocycles. The molecule has 0 aliphatic rings. The van der Waals surface area contributed by atoms with Crippen molar-refractivity contribution in [3.05, 3.63) is 17.6 Å². The molecule has 86 valence electrons. The van der Waals surface area contributed by atoms with Gasteiger partial charge in [-0.2, -0.15) is 0 Å². The molecule has 0 unspecified atom stereocenters. The Kier molecular flexibility index (Phi) is 2.78. The van der Waals surface area contributed by atoms with E-state index >= 15 is 0 Å². The minimum Gasteiger partial charge on any atom is -0.396 e. The van der Waals surface area contributed by atoms with Crippen molar-refractivity contribution in [3.63, 3.8) is 0 Å². The molecular weight excluding hydrogens is 204 g/mol. The standard InChI is InChI=1S/C11H16N4O/c1-7-8(2)15(4-3-5-16)11-9(7)10(12)13-6-14-11/h6,16H,3-5H2,1-2H3,(H2,12,13,14).